The normalized spacial score (nSPS) is 14.1. The van der Waals surface area contributed by atoms with Crippen molar-refractivity contribution in [2.75, 3.05) is 13.2 Å². The van der Waals surface area contributed by atoms with Crippen LogP contribution in [0.1, 0.15) is 17.0 Å². The smallest absolute Gasteiger partial charge is 0.469 e. The number of benzene rings is 2. The number of nitrogens with one attached hydrogen (secondary N) is 1. The molecule has 148 valence electrons. The summed E-state index contributed by atoms with van der Waals surface area (Å²) in [5, 5.41) is 11.1. The Kier molecular flexibility index (Phi) is 5.81. The topological polar surface area (TPSA) is 142 Å². The summed E-state index contributed by atoms with van der Waals surface area (Å²) in [4.78, 5) is 40.5. The largest absolute Gasteiger partial charge is 0.480 e. The molecule has 9 nitrogen and oxygen atoms in total. The minimum absolute atomic E-state index is 0.0223. The van der Waals surface area contributed by atoms with Crippen LogP contribution in [-0.4, -0.2) is 46.2 Å². The van der Waals surface area contributed by atoms with Crippen LogP contribution in [0.2, 0.25) is 0 Å². The van der Waals surface area contributed by atoms with E-state index in [-0.39, 0.29) is 12.5 Å². The van der Waals surface area contributed by atoms with Crippen molar-refractivity contribution in [1.82, 2.24) is 5.32 Å². The van der Waals surface area contributed by atoms with Crippen molar-refractivity contribution in [1.29, 1.82) is 0 Å². The van der Waals surface area contributed by atoms with Gasteiger partial charge in [-0.2, -0.15) is 0 Å². The molecule has 0 aromatic heterocycles. The van der Waals surface area contributed by atoms with Crippen molar-refractivity contribution >= 4 is 19.9 Å². The zero-order valence-electron chi connectivity index (χ0n) is 14.5. The number of alkyl carbamates (subject to hydrolysis) is 1. The van der Waals surface area contributed by atoms with E-state index < -0.39 is 32.5 Å². The molecule has 0 radical (unpaired) electrons. The van der Waals surface area contributed by atoms with Gasteiger partial charge in [-0.15, -0.1) is 0 Å². The Bertz CT molecular complexity index is 895. The van der Waals surface area contributed by atoms with Gasteiger partial charge in [0.25, 0.3) is 0 Å². The van der Waals surface area contributed by atoms with Crippen molar-refractivity contribution in [2.45, 2.75) is 12.0 Å². The molecule has 2 aromatic rings. The number of carboxylic acids is 1. The molecule has 0 spiro atoms. The van der Waals surface area contributed by atoms with Crippen LogP contribution in [0.4, 0.5) is 4.79 Å². The number of ether oxygens (including phenoxy) is 1. The molecule has 3 rings (SSSR count). The molecule has 0 heterocycles. The maximum atomic E-state index is 12.0. The third kappa shape index (κ3) is 4.58. The van der Waals surface area contributed by atoms with Crippen LogP contribution < -0.4 is 5.32 Å². The lowest BCUT2D eigenvalue weighted by Crippen LogP contribution is -2.44. The predicted octanol–water partition coefficient (Wildman–Crippen LogP) is 2.09. The standard InChI is InChI=1S/C18H18NO8P/c20-17(21)16(10-27-28(23,24)25)19-18(22)26-9-15-13-7-3-1-5-11(13)12-6-2-4-8-14(12)15/h1-8,15-16H,9-10H2,(H,19,22)(H,20,21)(H2,23,24,25)/t16-/m1/s1. The van der Waals surface area contributed by atoms with Gasteiger partial charge in [0.2, 0.25) is 0 Å². The van der Waals surface area contributed by atoms with Gasteiger partial charge < -0.3 is 24.9 Å². The van der Waals surface area contributed by atoms with Crippen molar-refractivity contribution in [3.8, 4) is 11.1 Å². The van der Waals surface area contributed by atoms with E-state index >= 15 is 0 Å². The first-order valence-corrected chi connectivity index (χ1v) is 9.83. The minimum Gasteiger partial charge on any atom is -0.480 e. The molecular formula is C18H18NO8P. The van der Waals surface area contributed by atoms with Crippen molar-refractivity contribution in [2.24, 2.45) is 0 Å². The molecule has 1 atom stereocenters. The van der Waals surface area contributed by atoms with Gasteiger partial charge in [0, 0.05) is 5.92 Å². The Morgan fingerprint density at radius 2 is 1.57 bits per heavy atom. The van der Waals surface area contributed by atoms with Gasteiger partial charge in [0.15, 0.2) is 6.04 Å². The highest BCUT2D eigenvalue weighted by atomic mass is 31.2. The van der Waals surface area contributed by atoms with Gasteiger partial charge in [0.1, 0.15) is 6.61 Å². The average Bonchev–Trinajstić information content (AvgIpc) is 2.96. The summed E-state index contributed by atoms with van der Waals surface area (Å²) in [6, 6.07) is 13.8. The number of hydrogen-bond donors (Lipinski definition) is 4. The van der Waals surface area contributed by atoms with E-state index in [1.165, 1.54) is 0 Å². The fraction of sp³-hybridized carbons (Fsp3) is 0.222. The zero-order valence-corrected chi connectivity index (χ0v) is 15.4. The summed E-state index contributed by atoms with van der Waals surface area (Å²) < 4.78 is 20.0. The molecule has 0 unspecified atom stereocenters. The van der Waals surface area contributed by atoms with Gasteiger partial charge >= 0.3 is 19.9 Å². The molecule has 0 bridgehead atoms. The number of carboxylic acid groups (broad SMARTS) is 1. The zero-order chi connectivity index (χ0) is 20.3. The minimum atomic E-state index is -4.86. The van der Waals surface area contributed by atoms with E-state index in [1.807, 2.05) is 53.8 Å². The summed E-state index contributed by atoms with van der Waals surface area (Å²) in [6.07, 6.45) is -1.02. The van der Waals surface area contributed by atoms with Crippen molar-refractivity contribution in [3.63, 3.8) is 0 Å². The number of carbonyl (C=O) groups is 2. The molecule has 4 N–H and O–H groups in total. The lowest BCUT2D eigenvalue weighted by molar-refractivity contribution is -0.140. The Labute approximate surface area is 160 Å². The van der Waals surface area contributed by atoms with E-state index in [4.69, 9.17) is 19.6 Å². The summed E-state index contributed by atoms with van der Waals surface area (Å²) in [5.74, 6) is -1.71. The van der Waals surface area contributed by atoms with Crippen LogP contribution in [0, 0.1) is 0 Å². The second-order valence-electron chi connectivity index (χ2n) is 6.15. The van der Waals surface area contributed by atoms with Crippen LogP contribution in [0.5, 0.6) is 0 Å². The summed E-state index contributed by atoms with van der Waals surface area (Å²) >= 11 is 0. The lowest BCUT2D eigenvalue weighted by atomic mass is 9.98. The van der Waals surface area contributed by atoms with Crippen molar-refractivity contribution in [3.05, 3.63) is 59.7 Å². The van der Waals surface area contributed by atoms with Crippen LogP contribution in [0.3, 0.4) is 0 Å². The van der Waals surface area contributed by atoms with E-state index in [2.05, 4.69) is 4.52 Å². The Morgan fingerprint density at radius 3 is 2.07 bits per heavy atom. The summed E-state index contributed by atoms with van der Waals surface area (Å²) in [6.45, 7) is -0.921. The van der Waals surface area contributed by atoms with Crippen LogP contribution in [-0.2, 0) is 18.6 Å². The molecule has 2 aromatic carbocycles. The first kappa shape index (κ1) is 20.0. The number of phosphoric ester groups is 1. The first-order valence-electron chi connectivity index (χ1n) is 8.30. The van der Waals surface area contributed by atoms with Crippen LogP contribution in [0.25, 0.3) is 11.1 Å². The molecule has 28 heavy (non-hydrogen) atoms. The maximum absolute atomic E-state index is 12.0. The number of fused-ring (bicyclic) bond motifs is 3. The van der Waals surface area contributed by atoms with Gasteiger partial charge in [0.05, 0.1) is 6.61 Å². The number of rotatable bonds is 7. The number of hydrogen-bond acceptors (Lipinski definition) is 5. The fourth-order valence-corrected chi connectivity index (χ4v) is 3.47. The first-order chi connectivity index (χ1) is 13.3. The predicted molar refractivity (Wildman–Crippen MR) is 97.6 cm³/mol. The van der Waals surface area contributed by atoms with Gasteiger partial charge in [-0.05, 0) is 22.3 Å². The van der Waals surface area contributed by atoms with Crippen LogP contribution >= 0.6 is 7.82 Å². The second-order valence-corrected chi connectivity index (χ2v) is 7.39. The van der Waals surface area contributed by atoms with Crippen LogP contribution in [0.15, 0.2) is 48.5 Å². The Morgan fingerprint density at radius 1 is 1.04 bits per heavy atom. The Hall–Kier alpha value is -2.71. The number of aliphatic carboxylic acids is 1. The highest BCUT2D eigenvalue weighted by molar-refractivity contribution is 7.46. The van der Waals surface area contributed by atoms with Gasteiger partial charge in [-0.25, -0.2) is 14.2 Å². The molecule has 10 heteroatoms. The van der Waals surface area contributed by atoms with E-state index in [0.717, 1.165) is 22.3 Å². The summed E-state index contributed by atoms with van der Waals surface area (Å²) in [7, 11) is -4.86. The molecular weight excluding hydrogens is 389 g/mol. The van der Waals surface area contributed by atoms with Crippen molar-refractivity contribution < 1.29 is 38.3 Å². The quantitative estimate of drug-likeness (QED) is 0.511. The number of phosphoric acid groups is 1. The molecule has 1 amide bonds. The Balaban J connectivity index is 1.66. The molecule has 0 saturated carbocycles. The second kappa shape index (κ2) is 8.12. The molecule has 0 fully saturated rings. The van der Waals surface area contributed by atoms with Gasteiger partial charge in [-0.3, -0.25) is 4.52 Å². The number of carbonyl (C=O) groups excluding carboxylic acids is 1. The summed E-state index contributed by atoms with van der Waals surface area (Å²) in [5.41, 5.74) is 4.09. The lowest BCUT2D eigenvalue weighted by Gasteiger charge is -2.17. The van der Waals surface area contributed by atoms with E-state index in [9.17, 15) is 14.2 Å². The van der Waals surface area contributed by atoms with Gasteiger partial charge in [-0.1, -0.05) is 48.5 Å². The highest BCUT2D eigenvalue weighted by Gasteiger charge is 2.30. The molecule has 1 aliphatic carbocycles. The van der Waals surface area contributed by atoms with E-state index in [1.54, 1.807) is 0 Å². The highest BCUT2D eigenvalue weighted by Crippen LogP contribution is 2.44. The monoisotopic (exact) mass is 407 g/mol. The van der Waals surface area contributed by atoms with E-state index in [0.29, 0.717) is 0 Å². The third-order valence-corrected chi connectivity index (χ3v) is 4.83. The molecule has 0 aliphatic heterocycles. The molecule has 1 aliphatic rings. The maximum Gasteiger partial charge on any atom is 0.469 e. The third-order valence-electron chi connectivity index (χ3n) is 4.34. The SMILES string of the molecule is O=C(N[C@H](COP(=O)(O)O)C(=O)O)OCC1c2ccccc2-c2ccccc21. The fourth-order valence-electron chi connectivity index (χ4n) is 3.13. The number of amides is 1. The average molecular weight is 407 g/mol. The molecule has 0 saturated heterocycles.